The summed E-state index contributed by atoms with van der Waals surface area (Å²) in [5.41, 5.74) is 0. The summed E-state index contributed by atoms with van der Waals surface area (Å²) in [6.45, 7) is 9.03. The van der Waals surface area contributed by atoms with E-state index in [0.717, 1.165) is 58.4 Å². The number of nitrogens with zero attached hydrogens (tertiary/aromatic N) is 3. The number of carbonyl (C=O) groups excluding carboxylic acids is 2. The molecule has 3 fully saturated rings. The van der Waals surface area contributed by atoms with E-state index < -0.39 is 0 Å². The van der Waals surface area contributed by atoms with Crippen molar-refractivity contribution in [1.29, 1.82) is 0 Å². The Morgan fingerprint density at radius 2 is 1.62 bits per heavy atom. The summed E-state index contributed by atoms with van der Waals surface area (Å²) in [6, 6.07) is 0.696. The van der Waals surface area contributed by atoms with Gasteiger partial charge in [0.15, 0.2) is 0 Å². The van der Waals surface area contributed by atoms with Gasteiger partial charge in [-0.25, -0.2) is 4.79 Å². The molecule has 0 aromatic heterocycles. The molecular formula is C17H31ClN4O2. The Hall–Kier alpha value is -1.01. The maximum absolute atomic E-state index is 12.9. The Kier molecular flexibility index (Phi) is 6.75. The van der Waals surface area contributed by atoms with Crippen LogP contribution in [0, 0.1) is 5.92 Å². The summed E-state index contributed by atoms with van der Waals surface area (Å²) < 4.78 is 0. The highest BCUT2D eigenvalue weighted by molar-refractivity contribution is 5.85. The Balaban J connectivity index is 0.00000208. The lowest BCUT2D eigenvalue weighted by molar-refractivity contribution is -0.140. The number of piperidine rings is 1. The minimum atomic E-state index is -0.0250. The van der Waals surface area contributed by atoms with Gasteiger partial charge in [-0.1, -0.05) is 0 Å². The van der Waals surface area contributed by atoms with E-state index in [4.69, 9.17) is 0 Å². The molecule has 3 saturated heterocycles. The number of hydrogen-bond donors (Lipinski definition) is 1. The fourth-order valence-electron chi connectivity index (χ4n) is 4.06. The molecule has 3 heterocycles. The van der Waals surface area contributed by atoms with Crippen LogP contribution >= 0.6 is 12.4 Å². The van der Waals surface area contributed by atoms with Crippen molar-refractivity contribution in [2.24, 2.45) is 5.92 Å². The van der Waals surface area contributed by atoms with E-state index in [1.54, 1.807) is 0 Å². The topological polar surface area (TPSA) is 55.9 Å². The van der Waals surface area contributed by atoms with Crippen LogP contribution in [0.1, 0.15) is 39.5 Å². The zero-order valence-electron chi connectivity index (χ0n) is 14.9. The first-order chi connectivity index (χ1) is 11.1. The number of likely N-dealkylation sites (tertiary alicyclic amines) is 2. The molecule has 6 nitrogen and oxygen atoms in total. The molecule has 7 heteroatoms. The first kappa shape index (κ1) is 19.3. The van der Waals surface area contributed by atoms with E-state index in [0.29, 0.717) is 12.6 Å². The van der Waals surface area contributed by atoms with Crippen molar-refractivity contribution >= 4 is 24.3 Å². The van der Waals surface area contributed by atoms with Crippen molar-refractivity contribution < 1.29 is 9.59 Å². The van der Waals surface area contributed by atoms with E-state index in [1.165, 1.54) is 0 Å². The first-order valence-corrected chi connectivity index (χ1v) is 9.15. The molecule has 24 heavy (non-hydrogen) atoms. The van der Waals surface area contributed by atoms with Gasteiger partial charge < -0.3 is 20.0 Å². The summed E-state index contributed by atoms with van der Waals surface area (Å²) in [6.07, 6.45) is 4.07. The van der Waals surface area contributed by atoms with E-state index in [9.17, 15) is 9.59 Å². The average Bonchev–Trinajstić information content (AvgIpc) is 3.11. The van der Waals surface area contributed by atoms with Gasteiger partial charge in [0.2, 0.25) is 5.91 Å². The third kappa shape index (κ3) is 3.97. The molecule has 0 aromatic carbocycles. The van der Waals surface area contributed by atoms with Crippen LogP contribution in [0.5, 0.6) is 0 Å². The van der Waals surface area contributed by atoms with E-state index in [-0.39, 0.29) is 36.3 Å². The minimum Gasteiger partial charge on any atom is -0.337 e. The van der Waals surface area contributed by atoms with Crippen molar-refractivity contribution in [2.45, 2.75) is 51.6 Å². The summed E-state index contributed by atoms with van der Waals surface area (Å²) in [4.78, 5) is 31.4. The average molecular weight is 359 g/mol. The number of amides is 3. The van der Waals surface area contributed by atoms with Gasteiger partial charge in [-0.3, -0.25) is 4.79 Å². The maximum atomic E-state index is 12.9. The van der Waals surface area contributed by atoms with Gasteiger partial charge in [0.05, 0.1) is 5.92 Å². The second kappa shape index (κ2) is 8.39. The van der Waals surface area contributed by atoms with Crippen LogP contribution in [0.15, 0.2) is 0 Å². The van der Waals surface area contributed by atoms with Gasteiger partial charge in [-0.05, 0) is 39.5 Å². The van der Waals surface area contributed by atoms with Gasteiger partial charge in [0.25, 0.3) is 0 Å². The van der Waals surface area contributed by atoms with Crippen LogP contribution in [0.2, 0.25) is 0 Å². The van der Waals surface area contributed by atoms with Gasteiger partial charge >= 0.3 is 6.03 Å². The molecule has 3 unspecified atom stereocenters. The molecule has 3 aliphatic heterocycles. The number of piperazine rings is 1. The van der Waals surface area contributed by atoms with E-state index in [1.807, 2.05) is 14.7 Å². The maximum Gasteiger partial charge on any atom is 0.320 e. The number of carbonyl (C=O) groups is 2. The number of hydrogen-bond acceptors (Lipinski definition) is 3. The highest BCUT2D eigenvalue weighted by Crippen LogP contribution is 2.23. The third-order valence-electron chi connectivity index (χ3n) is 5.74. The molecule has 3 amide bonds. The van der Waals surface area contributed by atoms with Crippen LogP contribution in [0.25, 0.3) is 0 Å². The minimum absolute atomic E-state index is 0. The third-order valence-corrected chi connectivity index (χ3v) is 5.74. The highest BCUT2D eigenvalue weighted by Gasteiger charge is 2.36. The number of rotatable bonds is 1. The van der Waals surface area contributed by atoms with Gasteiger partial charge in [-0.2, -0.15) is 0 Å². The van der Waals surface area contributed by atoms with Crippen molar-refractivity contribution in [3.63, 3.8) is 0 Å². The molecule has 0 saturated carbocycles. The smallest absolute Gasteiger partial charge is 0.320 e. The lowest BCUT2D eigenvalue weighted by Gasteiger charge is -2.42. The second-order valence-electron chi connectivity index (χ2n) is 7.28. The molecule has 0 aliphatic carbocycles. The van der Waals surface area contributed by atoms with Crippen molar-refractivity contribution in [2.75, 3.05) is 39.3 Å². The Labute approximate surface area is 151 Å². The lowest BCUT2D eigenvalue weighted by atomic mass is 9.94. The van der Waals surface area contributed by atoms with Crippen LogP contribution in [-0.2, 0) is 4.79 Å². The summed E-state index contributed by atoms with van der Waals surface area (Å²) in [5.74, 6) is 0.216. The fraction of sp³-hybridized carbons (Fsp3) is 0.882. The summed E-state index contributed by atoms with van der Waals surface area (Å²) in [5, 5.41) is 3.42. The van der Waals surface area contributed by atoms with Crippen molar-refractivity contribution in [3.05, 3.63) is 0 Å². The molecule has 138 valence electrons. The molecule has 0 radical (unpaired) electrons. The molecule has 3 atom stereocenters. The molecule has 3 aliphatic rings. The van der Waals surface area contributed by atoms with E-state index in [2.05, 4.69) is 19.2 Å². The van der Waals surface area contributed by atoms with Crippen LogP contribution in [0.3, 0.4) is 0 Å². The molecule has 0 bridgehead atoms. The monoisotopic (exact) mass is 358 g/mol. The quantitative estimate of drug-likeness (QED) is 0.773. The van der Waals surface area contributed by atoms with Crippen LogP contribution in [-0.4, -0.2) is 78.0 Å². The largest absolute Gasteiger partial charge is 0.337 e. The Morgan fingerprint density at radius 3 is 2.33 bits per heavy atom. The first-order valence-electron chi connectivity index (χ1n) is 9.15. The molecule has 1 N–H and O–H groups in total. The SMILES string of the molecule is CC1NCCN(C(=O)C2CCCN(C(=O)N3CCCC3)C2)C1C.Cl. The predicted molar refractivity (Wildman–Crippen MR) is 96.4 cm³/mol. The van der Waals surface area contributed by atoms with E-state index >= 15 is 0 Å². The molecule has 0 aromatic rings. The molecular weight excluding hydrogens is 328 g/mol. The van der Waals surface area contributed by atoms with Crippen LogP contribution < -0.4 is 5.32 Å². The Morgan fingerprint density at radius 1 is 0.958 bits per heavy atom. The number of urea groups is 1. The normalized spacial score (nSPS) is 30.9. The molecule has 0 spiro atoms. The van der Waals surface area contributed by atoms with Crippen molar-refractivity contribution in [1.82, 2.24) is 20.0 Å². The highest BCUT2D eigenvalue weighted by atomic mass is 35.5. The molecule has 3 rings (SSSR count). The van der Waals surface area contributed by atoms with Crippen molar-refractivity contribution in [3.8, 4) is 0 Å². The second-order valence-corrected chi connectivity index (χ2v) is 7.28. The predicted octanol–water partition coefficient (Wildman–Crippen LogP) is 1.54. The number of nitrogens with one attached hydrogen (secondary N) is 1. The fourth-order valence-corrected chi connectivity index (χ4v) is 4.06. The van der Waals surface area contributed by atoms with Gasteiger partial charge in [-0.15, -0.1) is 12.4 Å². The van der Waals surface area contributed by atoms with Gasteiger partial charge in [0.1, 0.15) is 0 Å². The summed E-state index contributed by atoms with van der Waals surface area (Å²) >= 11 is 0. The van der Waals surface area contributed by atoms with Crippen LogP contribution in [0.4, 0.5) is 4.79 Å². The number of halogens is 1. The Bertz CT molecular complexity index is 456. The van der Waals surface area contributed by atoms with Gasteiger partial charge in [0, 0.05) is 51.4 Å². The standard InChI is InChI=1S/C17H30N4O2.ClH/c1-13-14(2)21(11-7-18-13)16(22)15-6-5-10-20(12-15)17(23)19-8-3-4-9-19;/h13-15,18H,3-12H2,1-2H3;1H. The zero-order chi connectivity index (χ0) is 16.4. The summed E-state index contributed by atoms with van der Waals surface area (Å²) in [7, 11) is 0. The lowest BCUT2D eigenvalue weighted by Crippen LogP contribution is -2.59. The zero-order valence-corrected chi connectivity index (χ0v) is 15.7.